The second-order valence-electron chi connectivity index (χ2n) is 4.03. The number of thiophene rings is 1. The predicted molar refractivity (Wildman–Crippen MR) is 69.4 cm³/mol. The number of hydrogen-bond acceptors (Lipinski definition) is 2. The molecular weight excluding hydrogens is 270 g/mol. The lowest BCUT2D eigenvalue weighted by atomic mass is 10.1. The standard InChI is InChI=1S/C12H12BrNS/c13-9-3-1-2-8-11(7-4-5-7)10(6-14)15-12(8)9/h1-3,7H,4-6,14H2. The third-order valence-corrected chi connectivity index (χ3v) is 5.15. The average molecular weight is 282 g/mol. The lowest BCUT2D eigenvalue weighted by molar-refractivity contribution is 1.04. The molecule has 1 aromatic heterocycles. The van der Waals surface area contributed by atoms with Crippen molar-refractivity contribution in [2.45, 2.75) is 25.3 Å². The van der Waals surface area contributed by atoms with Gasteiger partial charge in [-0.15, -0.1) is 11.3 Å². The van der Waals surface area contributed by atoms with E-state index in [-0.39, 0.29) is 0 Å². The quantitative estimate of drug-likeness (QED) is 0.885. The molecule has 1 aliphatic rings. The van der Waals surface area contributed by atoms with Crippen molar-refractivity contribution < 1.29 is 0 Å². The minimum atomic E-state index is 0.678. The Kier molecular flexibility index (Phi) is 2.34. The number of rotatable bonds is 2. The SMILES string of the molecule is NCc1sc2c(Br)cccc2c1C1CC1. The minimum absolute atomic E-state index is 0.678. The molecule has 0 unspecified atom stereocenters. The maximum atomic E-state index is 5.83. The molecule has 3 rings (SSSR count). The highest BCUT2D eigenvalue weighted by molar-refractivity contribution is 9.10. The molecule has 2 aromatic rings. The molecule has 1 saturated carbocycles. The Balaban J connectivity index is 2.33. The predicted octanol–water partition coefficient (Wildman–Crippen LogP) is 4.00. The summed E-state index contributed by atoms with van der Waals surface area (Å²) in [5.41, 5.74) is 7.35. The average Bonchev–Trinajstić information content (AvgIpc) is 3.00. The molecule has 1 fully saturated rings. The van der Waals surface area contributed by atoms with Crippen LogP contribution in [0, 0.1) is 0 Å². The summed E-state index contributed by atoms with van der Waals surface area (Å²) in [6, 6.07) is 6.45. The summed E-state index contributed by atoms with van der Waals surface area (Å²) in [5, 5.41) is 1.41. The molecule has 1 nitrogen and oxygen atoms in total. The van der Waals surface area contributed by atoms with Gasteiger partial charge in [0.2, 0.25) is 0 Å². The Bertz CT molecular complexity index is 514. The summed E-state index contributed by atoms with van der Waals surface area (Å²) >= 11 is 5.46. The molecule has 15 heavy (non-hydrogen) atoms. The van der Waals surface area contributed by atoms with Crippen LogP contribution in [0.1, 0.15) is 29.2 Å². The van der Waals surface area contributed by atoms with Crippen molar-refractivity contribution in [1.29, 1.82) is 0 Å². The Labute approximate surface area is 101 Å². The van der Waals surface area contributed by atoms with Crippen LogP contribution < -0.4 is 5.73 Å². The first kappa shape index (κ1) is 9.82. The fraction of sp³-hybridized carbons (Fsp3) is 0.333. The van der Waals surface area contributed by atoms with Crippen LogP contribution in [0.25, 0.3) is 10.1 Å². The van der Waals surface area contributed by atoms with Gasteiger partial charge in [0.25, 0.3) is 0 Å². The first-order chi connectivity index (χ1) is 7.31. The smallest absolute Gasteiger partial charge is 0.0491 e. The van der Waals surface area contributed by atoms with Gasteiger partial charge >= 0.3 is 0 Å². The van der Waals surface area contributed by atoms with Gasteiger partial charge < -0.3 is 5.73 Å². The van der Waals surface area contributed by atoms with E-state index < -0.39 is 0 Å². The van der Waals surface area contributed by atoms with E-state index in [1.165, 1.54) is 37.8 Å². The van der Waals surface area contributed by atoms with Crippen LogP contribution in [-0.4, -0.2) is 0 Å². The van der Waals surface area contributed by atoms with Gasteiger partial charge in [0.15, 0.2) is 0 Å². The van der Waals surface area contributed by atoms with E-state index in [2.05, 4.69) is 34.1 Å². The van der Waals surface area contributed by atoms with E-state index in [1.54, 1.807) is 0 Å². The van der Waals surface area contributed by atoms with Crippen molar-refractivity contribution in [3.63, 3.8) is 0 Å². The molecule has 0 spiro atoms. The highest BCUT2D eigenvalue weighted by atomic mass is 79.9. The normalized spacial score (nSPS) is 16.1. The van der Waals surface area contributed by atoms with E-state index in [1.807, 2.05) is 11.3 Å². The molecule has 0 saturated heterocycles. The molecule has 2 N–H and O–H groups in total. The number of hydrogen-bond donors (Lipinski definition) is 1. The Morgan fingerprint density at radius 1 is 1.40 bits per heavy atom. The Morgan fingerprint density at radius 2 is 2.20 bits per heavy atom. The van der Waals surface area contributed by atoms with Crippen LogP contribution in [0.4, 0.5) is 0 Å². The Hall–Kier alpha value is -0.380. The molecule has 78 valence electrons. The fourth-order valence-corrected chi connectivity index (χ4v) is 3.90. The highest BCUT2D eigenvalue weighted by Crippen LogP contribution is 2.48. The molecule has 0 radical (unpaired) electrons. The third kappa shape index (κ3) is 1.53. The van der Waals surface area contributed by atoms with Crippen LogP contribution in [0.5, 0.6) is 0 Å². The van der Waals surface area contributed by atoms with Crippen molar-refractivity contribution in [2.24, 2.45) is 5.73 Å². The summed E-state index contributed by atoms with van der Waals surface area (Å²) < 4.78 is 2.56. The minimum Gasteiger partial charge on any atom is -0.326 e. The van der Waals surface area contributed by atoms with Gasteiger partial charge in [0.05, 0.1) is 0 Å². The summed E-state index contributed by atoms with van der Waals surface area (Å²) in [6.07, 6.45) is 2.68. The lowest BCUT2D eigenvalue weighted by Crippen LogP contribution is -1.96. The summed E-state index contributed by atoms with van der Waals surface area (Å²) in [4.78, 5) is 1.37. The van der Waals surface area contributed by atoms with Crippen molar-refractivity contribution in [3.05, 3.63) is 33.1 Å². The molecule has 0 amide bonds. The van der Waals surface area contributed by atoms with Gasteiger partial charge in [-0.2, -0.15) is 0 Å². The van der Waals surface area contributed by atoms with Crippen LogP contribution in [0.2, 0.25) is 0 Å². The van der Waals surface area contributed by atoms with Gasteiger partial charge in [-0.3, -0.25) is 0 Å². The molecule has 0 bridgehead atoms. The second-order valence-corrected chi connectivity index (χ2v) is 5.99. The highest BCUT2D eigenvalue weighted by Gasteiger charge is 2.29. The van der Waals surface area contributed by atoms with Gasteiger partial charge in [-0.25, -0.2) is 0 Å². The van der Waals surface area contributed by atoms with Crippen LogP contribution >= 0.6 is 27.3 Å². The molecule has 1 heterocycles. The summed E-state index contributed by atoms with van der Waals surface area (Å²) in [6.45, 7) is 0.678. The molecule has 3 heteroatoms. The Morgan fingerprint density at radius 3 is 2.87 bits per heavy atom. The zero-order valence-electron chi connectivity index (χ0n) is 8.29. The van der Waals surface area contributed by atoms with Crippen molar-refractivity contribution in [1.82, 2.24) is 0 Å². The van der Waals surface area contributed by atoms with Gasteiger partial charge in [0.1, 0.15) is 0 Å². The van der Waals surface area contributed by atoms with E-state index in [9.17, 15) is 0 Å². The monoisotopic (exact) mass is 281 g/mol. The first-order valence-electron chi connectivity index (χ1n) is 5.21. The first-order valence-corrected chi connectivity index (χ1v) is 6.82. The van der Waals surface area contributed by atoms with Crippen LogP contribution in [0.3, 0.4) is 0 Å². The number of nitrogens with two attached hydrogens (primary N) is 1. The summed E-state index contributed by atoms with van der Waals surface area (Å²) in [7, 11) is 0. The number of halogens is 1. The maximum absolute atomic E-state index is 5.83. The molecule has 0 atom stereocenters. The van der Waals surface area contributed by atoms with E-state index in [0.717, 1.165) is 5.92 Å². The maximum Gasteiger partial charge on any atom is 0.0491 e. The van der Waals surface area contributed by atoms with Gasteiger partial charge in [-0.1, -0.05) is 12.1 Å². The molecule has 1 aromatic carbocycles. The number of fused-ring (bicyclic) bond motifs is 1. The van der Waals surface area contributed by atoms with E-state index in [0.29, 0.717) is 6.54 Å². The fourth-order valence-electron chi connectivity index (χ4n) is 2.12. The molecule has 0 aliphatic heterocycles. The van der Waals surface area contributed by atoms with Crippen LogP contribution in [-0.2, 0) is 6.54 Å². The van der Waals surface area contributed by atoms with E-state index in [4.69, 9.17) is 5.73 Å². The summed E-state index contributed by atoms with van der Waals surface area (Å²) in [5.74, 6) is 0.784. The van der Waals surface area contributed by atoms with Gasteiger partial charge in [0, 0.05) is 20.6 Å². The van der Waals surface area contributed by atoms with Crippen molar-refractivity contribution in [3.8, 4) is 0 Å². The largest absolute Gasteiger partial charge is 0.326 e. The number of benzene rings is 1. The van der Waals surface area contributed by atoms with Gasteiger partial charge in [-0.05, 0) is 51.7 Å². The zero-order valence-corrected chi connectivity index (χ0v) is 10.7. The molecule has 1 aliphatic carbocycles. The van der Waals surface area contributed by atoms with E-state index >= 15 is 0 Å². The van der Waals surface area contributed by atoms with Crippen LogP contribution in [0.15, 0.2) is 22.7 Å². The van der Waals surface area contributed by atoms with Crippen molar-refractivity contribution >= 4 is 37.4 Å². The topological polar surface area (TPSA) is 26.0 Å². The second kappa shape index (κ2) is 3.58. The third-order valence-electron chi connectivity index (χ3n) is 2.95. The lowest BCUT2D eigenvalue weighted by Gasteiger charge is -1.99. The van der Waals surface area contributed by atoms with Crippen molar-refractivity contribution in [2.75, 3.05) is 0 Å². The molecular formula is C12H12BrNS. The zero-order chi connectivity index (χ0) is 10.4.